The highest BCUT2D eigenvalue weighted by Gasteiger charge is 2.40. The molecule has 0 saturated heterocycles. The Hall–Kier alpha value is -2.05. The Labute approximate surface area is 180 Å². The summed E-state index contributed by atoms with van der Waals surface area (Å²) in [6.07, 6.45) is -6.77. The third-order valence-corrected chi connectivity index (χ3v) is 5.82. The summed E-state index contributed by atoms with van der Waals surface area (Å²) in [5.41, 5.74) is -2.16. The van der Waals surface area contributed by atoms with Crippen molar-refractivity contribution in [2.45, 2.75) is 63.6 Å². The second-order valence-corrected chi connectivity index (χ2v) is 10.1. The highest BCUT2D eigenvalue weighted by atomic mass is 32.2. The van der Waals surface area contributed by atoms with Gasteiger partial charge in [-0.2, -0.15) is 13.2 Å². The van der Waals surface area contributed by atoms with Crippen LogP contribution in [0.25, 0.3) is 0 Å². The van der Waals surface area contributed by atoms with Gasteiger partial charge in [0, 0.05) is 18.2 Å². The monoisotopic (exact) mass is 470 g/mol. The molecule has 0 aliphatic carbocycles. The van der Waals surface area contributed by atoms with Gasteiger partial charge in [0.2, 0.25) is 0 Å². The minimum absolute atomic E-state index is 0.244. The van der Waals surface area contributed by atoms with Crippen molar-refractivity contribution in [3.63, 3.8) is 0 Å². The molecule has 1 amide bonds. The lowest BCUT2D eigenvalue weighted by molar-refractivity contribution is -0.167. The van der Waals surface area contributed by atoms with Gasteiger partial charge < -0.3 is 15.2 Å². The van der Waals surface area contributed by atoms with Crippen LogP contribution in [0.2, 0.25) is 0 Å². The number of alkyl halides is 3. The molecule has 0 radical (unpaired) electrons. The van der Waals surface area contributed by atoms with Crippen LogP contribution in [0.4, 0.5) is 23.2 Å². The number of aliphatic hydroxyl groups excluding tert-OH is 1. The van der Waals surface area contributed by atoms with Gasteiger partial charge in [0.25, 0.3) is 0 Å². The lowest BCUT2D eigenvalue weighted by Crippen LogP contribution is -2.49. The molecule has 0 aromatic heterocycles. The van der Waals surface area contributed by atoms with Crippen LogP contribution in [0.15, 0.2) is 18.2 Å². The van der Waals surface area contributed by atoms with Crippen LogP contribution < -0.4 is 10.0 Å². The van der Waals surface area contributed by atoms with E-state index >= 15 is 0 Å². The number of carbonyl (C=O) groups excluding carboxylic acids is 2. The number of esters is 1. The number of amides is 1. The summed E-state index contributed by atoms with van der Waals surface area (Å²) in [4.78, 5) is 22.2. The van der Waals surface area contributed by atoms with E-state index in [1.165, 1.54) is 6.92 Å². The summed E-state index contributed by atoms with van der Waals surface area (Å²) < 4.78 is 71.7. The molecular weight excluding hydrogens is 444 g/mol. The maximum absolute atomic E-state index is 14.7. The molecule has 0 spiro atoms. The van der Waals surface area contributed by atoms with E-state index in [0.717, 1.165) is 25.1 Å². The Morgan fingerprint density at radius 2 is 1.77 bits per heavy atom. The Bertz CT molecular complexity index is 842. The zero-order valence-corrected chi connectivity index (χ0v) is 18.5. The van der Waals surface area contributed by atoms with Gasteiger partial charge in [-0.25, -0.2) is 13.3 Å². The van der Waals surface area contributed by atoms with Gasteiger partial charge in [-0.3, -0.25) is 9.59 Å². The van der Waals surface area contributed by atoms with E-state index in [-0.39, 0.29) is 17.7 Å². The van der Waals surface area contributed by atoms with Gasteiger partial charge >= 0.3 is 18.1 Å². The van der Waals surface area contributed by atoms with Gasteiger partial charge in [0.05, 0.1) is 27.4 Å². The molecule has 7 nitrogen and oxygen atoms in total. The predicted octanol–water partition coefficient (Wildman–Crippen LogP) is 2.91. The fraction of sp³-hybridized carbons (Fsp3) is 0.579. The number of aliphatic hydroxyl groups is 1. The molecule has 12 heteroatoms. The Morgan fingerprint density at radius 1 is 1.19 bits per heavy atom. The van der Waals surface area contributed by atoms with Crippen molar-refractivity contribution in [2.24, 2.45) is 0 Å². The van der Waals surface area contributed by atoms with Crippen molar-refractivity contribution in [2.75, 3.05) is 11.9 Å². The average Bonchev–Trinajstić information content (AvgIpc) is 2.59. The minimum atomic E-state index is -5.15. The topological polar surface area (TPSA) is 105 Å². The van der Waals surface area contributed by atoms with E-state index in [0.29, 0.717) is 0 Å². The van der Waals surface area contributed by atoms with Crippen LogP contribution in [0.3, 0.4) is 0 Å². The van der Waals surface area contributed by atoms with E-state index < -0.39 is 57.9 Å². The van der Waals surface area contributed by atoms with Gasteiger partial charge in [-0.05, 0) is 52.3 Å². The van der Waals surface area contributed by atoms with E-state index in [9.17, 15) is 36.5 Å². The number of rotatable bonds is 8. The first-order valence-corrected chi connectivity index (χ1v) is 10.3. The number of carbonyl (C=O) groups is 2. The van der Waals surface area contributed by atoms with Gasteiger partial charge in [0.15, 0.2) is 0 Å². The minimum Gasteiger partial charge on any atom is -0.463 e. The average molecular weight is 470 g/mol. The van der Waals surface area contributed by atoms with Crippen LogP contribution in [0, 0.1) is 5.82 Å². The third kappa shape index (κ3) is 8.19. The third-order valence-electron chi connectivity index (χ3n) is 4.07. The Balaban J connectivity index is 3.36. The number of halogens is 4. The second-order valence-electron chi connectivity index (χ2n) is 8.12. The molecule has 0 fully saturated rings. The largest absolute Gasteiger partial charge is 0.471 e. The number of hydrogen-bond acceptors (Lipinski definition) is 5. The first kappa shape index (κ1) is 27.0. The number of anilines is 1. The fourth-order valence-corrected chi connectivity index (χ4v) is 3.44. The van der Waals surface area contributed by atoms with Gasteiger partial charge in [-0.1, -0.05) is 0 Å². The highest BCUT2D eigenvalue weighted by molar-refractivity contribution is 7.84. The van der Waals surface area contributed by atoms with Crippen molar-refractivity contribution in [1.82, 2.24) is 4.72 Å². The predicted molar refractivity (Wildman–Crippen MR) is 107 cm³/mol. The molecule has 0 heterocycles. The molecule has 1 aromatic rings. The van der Waals surface area contributed by atoms with Gasteiger partial charge in [-0.15, -0.1) is 0 Å². The number of hydrogen-bond donors (Lipinski definition) is 3. The Kier molecular flexibility index (Phi) is 8.75. The van der Waals surface area contributed by atoms with E-state index in [4.69, 9.17) is 4.74 Å². The summed E-state index contributed by atoms with van der Waals surface area (Å²) in [6, 6.07) is 2.75. The van der Waals surface area contributed by atoms with Crippen molar-refractivity contribution in [3.05, 3.63) is 29.6 Å². The fourth-order valence-electron chi connectivity index (χ4n) is 2.54. The van der Waals surface area contributed by atoms with E-state index in [1.54, 1.807) is 26.1 Å². The van der Waals surface area contributed by atoms with E-state index in [2.05, 4.69) is 4.72 Å². The summed E-state index contributed by atoms with van der Waals surface area (Å²) in [5.74, 6) is -3.77. The van der Waals surface area contributed by atoms with Crippen molar-refractivity contribution < 1.29 is 41.2 Å². The lowest BCUT2D eigenvalue weighted by atomic mass is 9.86. The lowest BCUT2D eigenvalue weighted by Gasteiger charge is -2.35. The SMILES string of the molecule is CC(=O)OCC(O)C[C@](C)(N[S@](=O)C(C)(C)C)c1cc(NC(=O)C(F)(F)F)ccc1F. The molecular formula is C19H26F4N2O5S. The van der Waals surface area contributed by atoms with Crippen molar-refractivity contribution in [1.29, 1.82) is 0 Å². The molecule has 31 heavy (non-hydrogen) atoms. The smallest absolute Gasteiger partial charge is 0.463 e. The molecule has 0 bridgehead atoms. The maximum Gasteiger partial charge on any atom is 0.471 e. The molecule has 0 saturated carbocycles. The molecule has 3 N–H and O–H groups in total. The molecule has 176 valence electrons. The number of benzene rings is 1. The molecule has 1 rings (SSSR count). The first-order valence-electron chi connectivity index (χ1n) is 9.15. The zero-order valence-electron chi connectivity index (χ0n) is 17.7. The summed E-state index contributed by atoms with van der Waals surface area (Å²) in [6.45, 7) is 7.01. The molecule has 0 aliphatic rings. The normalized spacial score (nSPS) is 16.2. The van der Waals surface area contributed by atoms with Crippen LogP contribution in [-0.4, -0.2) is 44.8 Å². The first-order chi connectivity index (χ1) is 14.0. The van der Waals surface area contributed by atoms with E-state index in [1.807, 2.05) is 0 Å². The zero-order chi connectivity index (χ0) is 24.2. The van der Waals surface area contributed by atoms with Crippen LogP contribution in [0.5, 0.6) is 0 Å². The quantitative estimate of drug-likeness (QED) is 0.400. The second kappa shape index (κ2) is 10.0. The van der Waals surface area contributed by atoms with Crippen molar-refractivity contribution in [3.8, 4) is 0 Å². The van der Waals surface area contributed by atoms with Gasteiger partial charge in [0.1, 0.15) is 12.4 Å². The highest BCUT2D eigenvalue weighted by Crippen LogP contribution is 2.33. The summed E-state index contributed by atoms with van der Waals surface area (Å²) >= 11 is 0. The summed E-state index contributed by atoms with van der Waals surface area (Å²) in [7, 11) is -1.78. The van der Waals surface area contributed by atoms with Crippen molar-refractivity contribution >= 4 is 28.5 Å². The molecule has 1 aromatic carbocycles. The standard InChI is InChI=1S/C19H26F4N2O5S/c1-11(26)30-10-13(27)9-18(5,25-31(29)17(2,3)4)14-8-12(6-7-15(14)20)24-16(28)19(21,22)23/h6-8,13,25,27H,9-10H2,1-5H3,(H,24,28)/t13?,18-,31+/m0/s1. The number of ether oxygens (including phenoxy) is 1. The Morgan fingerprint density at radius 3 is 2.26 bits per heavy atom. The number of nitrogens with one attached hydrogen (secondary N) is 2. The van der Waals surface area contributed by atoms with Crippen LogP contribution >= 0.6 is 0 Å². The molecule has 1 unspecified atom stereocenters. The molecule has 3 atom stereocenters. The summed E-state index contributed by atoms with van der Waals surface area (Å²) in [5, 5.41) is 11.9. The maximum atomic E-state index is 14.7. The van der Waals surface area contributed by atoms with Crippen LogP contribution in [-0.2, 0) is 30.9 Å². The van der Waals surface area contributed by atoms with Crippen LogP contribution in [0.1, 0.15) is 46.6 Å². The molecule has 0 aliphatic heterocycles.